The van der Waals surface area contributed by atoms with Crippen LogP contribution in [0.2, 0.25) is 0 Å². The molecule has 0 amide bonds. The lowest BCUT2D eigenvalue weighted by atomic mass is 9.55. The first kappa shape index (κ1) is 12.3. The molecule has 2 heterocycles. The first-order chi connectivity index (χ1) is 8.19. The monoisotopic (exact) mass is 255 g/mol. The Morgan fingerprint density at radius 3 is 2.88 bits per heavy atom. The Balaban J connectivity index is 1.61. The van der Waals surface area contributed by atoms with Gasteiger partial charge in [0.15, 0.2) is 0 Å². The highest BCUT2D eigenvalue weighted by atomic mass is 32.2. The minimum Gasteiger partial charge on any atom is -0.377 e. The standard InChI is InChI=1S/C14H25NOS/c1-14(2)12(11-6-3-7-16-13(11)14)15-10-5-4-8-17-9-10/h10-13,15H,3-9H2,1-2H3. The number of ether oxygens (including phenoxy) is 1. The van der Waals surface area contributed by atoms with Gasteiger partial charge in [0.2, 0.25) is 0 Å². The van der Waals surface area contributed by atoms with E-state index in [0.717, 1.165) is 18.6 Å². The van der Waals surface area contributed by atoms with Gasteiger partial charge in [-0.1, -0.05) is 13.8 Å². The first-order valence-electron chi connectivity index (χ1n) is 7.15. The zero-order valence-corrected chi connectivity index (χ0v) is 11.9. The maximum absolute atomic E-state index is 5.97. The van der Waals surface area contributed by atoms with Crippen molar-refractivity contribution in [2.45, 2.75) is 57.7 Å². The molecule has 3 heteroatoms. The van der Waals surface area contributed by atoms with E-state index in [9.17, 15) is 0 Å². The molecule has 98 valence electrons. The lowest BCUT2D eigenvalue weighted by molar-refractivity contribution is -0.194. The van der Waals surface area contributed by atoms with Gasteiger partial charge in [0.1, 0.15) is 0 Å². The third-order valence-electron chi connectivity index (χ3n) is 4.91. The van der Waals surface area contributed by atoms with Crippen LogP contribution in [0, 0.1) is 11.3 Å². The van der Waals surface area contributed by atoms with Crippen LogP contribution in [0.15, 0.2) is 0 Å². The van der Waals surface area contributed by atoms with Crippen molar-refractivity contribution in [3.8, 4) is 0 Å². The van der Waals surface area contributed by atoms with Crippen LogP contribution in [0.5, 0.6) is 0 Å². The number of hydrogen-bond acceptors (Lipinski definition) is 3. The van der Waals surface area contributed by atoms with Crippen molar-refractivity contribution in [2.24, 2.45) is 11.3 Å². The van der Waals surface area contributed by atoms with Crippen LogP contribution < -0.4 is 5.32 Å². The summed E-state index contributed by atoms with van der Waals surface area (Å²) in [4.78, 5) is 0. The first-order valence-corrected chi connectivity index (χ1v) is 8.30. The fraction of sp³-hybridized carbons (Fsp3) is 1.00. The van der Waals surface area contributed by atoms with Gasteiger partial charge in [-0.2, -0.15) is 11.8 Å². The molecular weight excluding hydrogens is 230 g/mol. The van der Waals surface area contributed by atoms with Crippen LogP contribution in [-0.2, 0) is 4.74 Å². The molecule has 3 aliphatic rings. The summed E-state index contributed by atoms with van der Waals surface area (Å²) < 4.78 is 5.97. The maximum Gasteiger partial charge on any atom is 0.0684 e. The lowest BCUT2D eigenvalue weighted by Gasteiger charge is -2.61. The quantitative estimate of drug-likeness (QED) is 0.820. The average Bonchev–Trinajstić information content (AvgIpc) is 2.37. The van der Waals surface area contributed by atoms with Crippen molar-refractivity contribution in [1.29, 1.82) is 0 Å². The van der Waals surface area contributed by atoms with Gasteiger partial charge in [-0.05, 0) is 31.4 Å². The molecule has 0 radical (unpaired) electrons. The molecular formula is C14H25NOS. The van der Waals surface area contributed by atoms with E-state index in [4.69, 9.17) is 4.74 Å². The van der Waals surface area contributed by atoms with Gasteiger partial charge in [0.25, 0.3) is 0 Å². The van der Waals surface area contributed by atoms with Gasteiger partial charge in [-0.3, -0.25) is 0 Å². The highest BCUT2D eigenvalue weighted by Gasteiger charge is 2.57. The minimum absolute atomic E-state index is 0.340. The van der Waals surface area contributed by atoms with Gasteiger partial charge >= 0.3 is 0 Å². The fourth-order valence-corrected chi connectivity index (χ4v) is 5.07. The molecule has 4 unspecified atom stereocenters. The second-order valence-corrected chi connectivity index (χ2v) is 7.63. The molecule has 3 rings (SSSR count). The van der Waals surface area contributed by atoms with Gasteiger partial charge in [0, 0.05) is 35.8 Å². The van der Waals surface area contributed by atoms with E-state index in [1.807, 2.05) is 0 Å². The zero-order valence-electron chi connectivity index (χ0n) is 11.1. The van der Waals surface area contributed by atoms with Gasteiger partial charge in [0.05, 0.1) is 6.10 Å². The normalized spacial score (nSPS) is 44.8. The molecule has 1 saturated carbocycles. The summed E-state index contributed by atoms with van der Waals surface area (Å²) in [5.74, 6) is 3.46. The Morgan fingerprint density at radius 1 is 1.24 bits per heavy atom. The van der Waals surface area contributed by atoms with Gasteiger partial charge in [-0.25, -0.2) is 0 Å². The van der Waals surface area contributed by atoms with Crippen molar-refractivity contribution in [2.75, 3.05) is 18.1 Å². The Labute approximate surface area is 109 Å². The molecule has 0 aromatic rings. The Kier molecular flexibility index (Phi) is 3.44. The van der Waals surface area contributed by atoms with E-state index in [-0.39, 0.29) is 0 Å². The molecule has 3 fully saturated rings. The number of fused-ring (bicyclic) bond motifs is 1. The fourth-order valence-electron chi connectivity index (χ4n) is 3.99. The summed E-state index contributed by atoms with van der Waals surface area (Å²) in [7, 11) is 0. The summed E-state index contributed by atoms with van der Waals surface area (Å²) in [5.41, 5.74) is 0.340. The van der Waals surface area contributed by atoms with Crippen LogP contribution in [0.1, 0.15) is 39.5 Å². The number of hydrogen-bond donors (Lipinski definition) is 1. The molecule has 2 aliphatic heterocycles. The smallest absolute Gasteiger partial charge is 0.0684 e. The molecule has 0 aromatic heterocycles. The Morgan fingerprint density at radius 2 is 2.12 bits per heavy atom. The van der Waals surface area contributed by atoms with Crippen molar-refractivity contribution >= 4 is 11.8 Å². The Hall–Kier alpha value is 0.270. The van der Waals surface area contributed by atoms with E-state index in [1.165, 1.54) is 37.2 Å². The minimum atomic E-state index is 0.340. The molecule has 0 bridgehead atoms. The molecule has 2 saturated heterocycles. The predicted octanol–water partition coefficient (Wildman–Crippen LogP) is 2.68. The van der Waals surface area contributed by atoms with E-state index >= 15 is 0 Å². The summed E-state index contributed by atoms with van der Waals surface area (Å²) in [6.45, 7) is 5.75. The van der Waals surface area contributed by atoms with Gasteiger partial charge in [-0.15, -0.1) is 0 Å². The van der Waals surface area contributed by atoms with E-state index in [1.54, 1.807) is 0 Å². The van der Waals surface area contributed by atoms with E-state index in [0.29, 0.717) is 17.6 Å². The number of rotatable bonds is 2. The molecule has 4 atom stereocenters. The molecule has 17 heavy (non-hydrogen) atoms. The van der Waals surface area contributed by atoms with Crippen LogP contribution in [0.25, 0.3) is 0 Å². The third kappa shape index (κ3) is 2.15. The largest absolute Gasteiger partial charge is 0.377 e. The summed E-state index contributed by atoms with van der Waals surface area (Å²) >= 11 is 2.12. The maximum atomic E-state index is 5.97. The average molecular weight is 255 g/mol. The van der Waals surface area contributed by atoms with Crippen LogP contribution in [-0.4, -0.2) is 36.3 Å². The van der Waals surface area contributed by atoms with Crippen molar-refractivity contribution in [3.05, 3.63) is 0 Å². The van der Waals surface area contributed by atoms with Gasteiger partial charge < -0.3 is 10.1 Å². The predicted molar refractivity (Wildman–Crippen MR) is 73.5 cm³/mol. The second kappa shape index (κ2) is 4.75. The highest BCUT2D eigenvalue weighted by molar-refractivity contribution is 7.99. The molecule has 0 spiro atoms. The van der Waals surface area contributed by atoms with Crippen molar-refractivity contribution < 1.29 is 4.74 Å². The van der Waals surface area contributed by atoms with E-state index < -0.39 is 0 Å². The van der Waals surface area contributed by atoms with Crippen LogP contribution in [0.3, 0.4) is 0 Å². The molecule has 1 aliphatic carbocycles. The Bertz CT molecular complexity index is 275. The van der Waals surface area contributed by atoms with Crippen molar-refractivity contribution in [1.82, 2.24) is 5.32 Å². The van der Waals surface area contributed by atoms with Crippen LogP contribution >= 0.6 is 11.8 Å². The molecule has 0 aromatic carbocycles. The molecule has 1 N–H and O–H groups in total. The number of thioether (sulfide) groups is 1. The van der Waals surface area contributed by atoms with E-state index in [2.05, 4.69) is 30.9 Å². The summed E-state index contributed by atoms with van der Waals surface area (Å²) in [6.07, 6.45) is 5.91. The van der Waals surface area contributed by atoms with Crippen molar-refractivity contribution in [3.63, 3.8) is 0 Å². The number of nitrogens with one attached hydrogen (secondary N) is 1. The van der Waals surface area contributed by atoms with Crippen LogP contribution in [0.4, 0.5) is 0 Å². The second-order valence-electron chi connectivity index (χ2n) is 6.48. The zero-order chi connectivity index (χ0) is 11.9. The lowest BCUT2D eigenvalue weighted by Crippen LogP contribution is -2.70. The topological polar surface area (TPSA) is 21.3 Å². The summed E-state index contributed by atoms with van der Waals surface area (Å²) in [6, 6.07) is 1.44. The highest BCUT2D eigenvalue weighted by Crippen LogP contribution is 2.51. The molecule has 2 nitrogen and oxygen atoms in total. The SMILES string of the molecule is CC1(C)C(NC2CCCSC2)C2CCCOC21. The third-order valence-corrected chi connectivity index (χ3v) is 6.12. The summed E-state index contributed by atoms with van der Waals surface area (Å²) in [5, 5.41) is 3.94.